The molecule has 0 unspecified atom stereocenters. The van der Waals surface area contributed by atoms with Crippen molar-refractivity contribution in [2.75, 3.05) is 58.4 Å². The summed E-state index contributed by atoms with van der Waals surface area (Å²) in [7, 11) is 1.74. The molecule has 1 saturated heterocycles. The van der Waals surface area contributed by atoms with Gasteiger partial charge in [-0.25, -0.2) is 15.8 Å². The van der Waals surface area contributed by atoms with E-state index in [1.165, 1.54) is 5.01 Å². The van der Waals surface area contributed by atoms with Crippen molar-refractivity contribution in [1.29, 1.82) is 10.7 Å². The van der Waals surface area contributed by atoms with Gasteiger partial charge in [-0.1, -0.05) is 6.07 Å². The van der Waals surface area contributed by atoms with Gasteiger partial charge in [-0.3, -0.25) is 20.3 Å². The lowest BCUT2D eigenvalue weighted by molar-refractivity contribution is 0.00755. The number of hydrogen-bond acceptors (Lipinski definition) is 13. The van der Waals surface area contributed by atoms with E-state index < -0.39 is 0 Å². The minimum Gasteiger partial charge on any atom is -0.487 e. The maximum atomic E-state index is 9.57. The minimum atomic E-state index is -0.358. The highest BCUT2D eigenvalue weighted by atomic mass is 16.5. The first-order valence-corrected chi connectivity index (χ1v) is 15.3. The summed E-state index contributed by atoms with van der Waals surface area (Å²) in [5.41, 5.74) is 2.43. The van der Waals surface area contributed by atoms with Crippen LogP contribution in [0.4, 0.5) is 5.95 Å². The largest absolute Gasteiger partial charge is 0.487 e. The van der Waals surface area contributed by atoms with Crippen LogP contribution < -0.4 is 21.2 Å². The smallest absolute Gasteiger partial charge is 0.227 e. The van der Waals surface area contributed by atoms with E-state index >= 15 is 0 Å². The van der Waals surface area contributed by atoms with Crippen LogP contribution in [-0.4, -0.2) is 109 Å². The molecule has 14 nitrogen and oxygen atoms in total. The summed E-state index contributed by atoms with van der Waals surface area (Å²) in [4.78, 5) is 16.4. The minimum absolute atomic E-state index is 0.117. The highest BCUT2D eigenvalue weighted by Crippen LogP contribution is 2.28. The van der Waals surface area contributed by atoms with Gasteiger partial charge in [0.05, 0.1) is 50.5 Å². The molecule has 45 heavy (non-hydrogen) atoms. The SMILES string of the molecule is CN/C(OCCO)=C(\C=NC1CCC(N2CCOCC2)CC1)Nc1ncc(-c2ccc(C#N)c(O[C@@H](C)CN(N)C=N)c2)cn1. The van der Waals surface area contributed by atoms with E-state index in [0.717, 1.165) is 69.5 Å². The molecule has 2 fully saturated rings. The number of ether oxygens (including phenoxy) is 3. The number of nitrogens with one attached hydrogen (secondary N) is 3. The fourth-order valence-corrected chi connectivity index (χ4v) is 5.43. The van der Waals surface area contributed by atoms with Crippen LogP contribution in [-0.2, 0) is 9.47 Å². The number of rotatable bonds is 15. The molecule has 0 spiro atoms. The molecule has 1 saturated carbocycles. The van der Waals surface area contributed by atoms with E-state index in [-0.39, 0.29) is 31.9 Å². The number of nitrogens with two attached hydrogens (primary N) is 1. The second-order valence-electron chi connectivity index (χ2n) is 11.0. The van der Waals surface area contributed by atoms with Crippen LogP contribution in [0.15, 0.2) is 47.2 Å². The van der Waals surface area contributed by atoms with Crippen molar-refractivity contribution < 1.29 is 19.3 Å². The average molecular weight is 621 g/mol. The second kappa shape index (κ2) is 17.3. The monoisotopic (exact) mass is 620 g/mol. The number of aliphatic hydroxyl groups excluding tert-OH is 1. The number of hydrazine groups is 1. The van der Waals surface area contributed by atoms with Gasteiger partial charge in [0.1, 0.15) is 30.2 Å². The molecule has 242 valence electrons. The number of anilines is 1. The Morgan fingerprint density at radius 1 is 1.27 bits per heavy atom. The fraction of sp³-hybridized carbons (Fsp3) is 0.516. The molecule has 0 bridgehead atoms. The molecule has 0 radical (unpaired) electrons. The third kappa shape index (κ3) is 9.85. The Labute approximate surface area is 264 Å². The molecule has 2 aromatic rings. The molecule has 2 heterocycles. The quantitative estimate of drug-likeness (QED) is 0.0642. The van der Waals surface area contributed by atoms with Crippen LogP contribution in [0.1, 0.15) is 38.2 Å². The highest BCUT2D eigenvalue weighted by Gasteiger charge is 2.26. The van der Waals surface area contributed by atoms with E-state index in [1.54, 1.807) is 37.8 Å². The van der Waals surface area contributed by atoms with E-state index in [0.29, 0.717) is 34.9 Å². The molecule has 4 rings (SSSR count). The molecular formula is C31H44N10O4. The topological polar surface area (TPSA) is 190 Å². The molecule has 14 heteroatoms. The number of morpholine rings is 1. The molecular weight excluding hydrogens is 576 g/mol. The van der Waals surface area contributed by atoms with Gasteiger partial charge in [0, 0.05) is 44.1 Å². The third-order valence-electron chi connectivity index (χ3n) is 7.75. The van der Waals surface area contributed by atoms with Gasteiger partial charge in [-0.15, -0.1) is 0 Å². The Balaban J connectivity index is 1.45. The summed E-state index contributed by atoms with van der Waals surface area (Å²) in [5.74, 6) is 6.85. The van der Waals surface area contributed by atoms with Crippen molar-refractivity contribution in [2.24, 2.45) is 10.8 Å². The Morgan fingerprint density at radius 3 is 2.64 bits per heavy atom. The van der Waals surface area contributed by atoms with Crippen LogP contribution >= 0.6 is 0 Å². The Bertz CT molecular complexity index is 1330. The number of allylic oxidation sites excluding steroid dienone is 1. The van der Waals surface area contributed by atoms with Crippen LogP contribution in [0.25, 0.3) is 11.1 Å². The van der Waals surface area contributed by atoms with Crippen molar-refractivity contribution in [1.82, 2.24) is 25.2 Å². The first-order valence-electron chi connectivity index (χ1n) is 15.3. The van der Waals surface area contributed by atoms with Crippen LogP contribution in [0.3, 0.4) is 0 Å². The second-order valence-corrected chi connectivity index (χ2v) is 11.0. The van der Waals surface area contributed by atoms with Crippen LogP contribution in [0.2, 0.25) is 0 Å². The Kier molecular flexibility index (Phi) is 12.9. The molecule has 6 N–H and O–H groups in total. The number of aliphatic hydroxyl groups is 1. The average Bonchev–Trinajstić information content (AvgIpc) is 3.08. The number of benzene rings is 1. The zero-order valence-corrected chi connectivity index (χ0v) is 26.0. The van der Waals surface area contributed by atoms with Crippen molar-refractivity contribution in [3.63, 3.8) is 0 Å². The summed E-state index contributed by atoms with van der Waals surface area (Å²) >= 11 is 0. The molecule has 1 aliphatic heterocycles. The molecule has 1 atom stereocenters. The van der Waals surface area contributed by atoms with Crippen molar-refractivity contribution in [2.45, 2.75) is 50.8 Å². The predicted molar refractivity (Wildman–Crippen MR) is 172 cm³/mol. The lowest BCUT2D eigenvalue weighted by Gasteiger charge is -2.38. The van der Waals surface area contributed by atoms with E-state index in [9.17, 15) is 10.4 Å². The van der Waals surface area contributed by atoms with E-state index in [2.05, 4.69) is 31.6 Å². The standard InChI is InChI=1S/C31H44N10O4/c1-22(20-41(34)21-33)45-29-15-23(3-4-24(29)16-32)25-17-37-31(38-18-25)39-28(30(35-2)44-14-11-42)19-36-26-5-7-27(8-6-26)40-9-12-43-13-10-40/h3-4,15,17-19,21-22,26-27,33,35,42H,5-14,20,34H2,1-2H3,(H,37,38,39)/b30-28-,33-21?,36-19?/t22-,26?,27?/m0/s1. The molecule has 2 aliphatic rings. The number of nitrogens with zero attached hydrogens (tertiary/aromatic N) is 6. The molecule has 1 aromatic heterocycles. The maximum absolute atomic E-state index is 9.57. The highest BCUT2D eigenvalue weighted by molar-refractivity contribution is 5.83. The van der Waals surface area contributed by atoms with Gasteiger partial charge < -0.3 is 30.0 Å². The Morgan fingerprint density at radius 2 is 2.00 bits per heavy atom. The number of nitriles is 1. The van der Waals surface area contributed by atoms with E-state index in [1.807, 2.05) is 13.0 Å². The first kappa shape index (κ1) is 33.6. The van der Waals surface area contributed by atoms with Crippen molar-refractivity contribution in [3.05, 3.63) is 47.7 Å². The number of aromatic nitrogens is 2. The van der Waals surface area contributed by atoms with Gasteiger partial charge in [-0.2, -0.15) is 5.26 Å². The molecule has 1 aromatic carbocycles. The van der Waals surface area contributed by atoms with Crippen LogP contribution in [0.5, 0.6) is 5.75 Å². The molecule has 1 aliphatic carbocycles. The summed E-state index contributed by atoms with van der Waals surface area (Å²) in [6, 6.07) is 8.19. The van der Waals surface area contributed by atoms with Gasteiger partial charge in [0.15, 0.2) is 0 Å². The first-order chi connectivity index (χ1) is 21.9. The lowest BCUT2D eigenvalue weighted by Crippen LogP contribution is -2.45. The molecule has 0 amide bonds. The third-order valence-corrected chi connectivity index (χ3v) is 7.75. The lowest BCUT2D eigenvalue weighted by atomic mass is 9.90. The summed E-state index contributed by atoms with van der Waals surface area (Å²) in [6.07, 6.45) is 9.99. The summed E-state index contributed by atoms with van der Waals surface area (Å²) < 4.78 is 17.2. The summed E-state index contributed by atoms with van der Waals surface area (Å²) in [6.45, 7) is 5.71. The van der Waals surface area contributed by atoms with Gasteiger partial charge in [0.25, 0.3) is 0 Å². The summed E-state index contributed by atoms with van der Waals surface area (Å²) in [5, 5.41) is 33.6. The van der Waals surface area contributed by atoms with E-state index in [4.69, 9.17) is 30.5 Å². The zero-order chi connectivity index (χ0) is 32.0. The predicted octanol–water partition coefficient (Wildman–Crippen LogP) is 2.09. The normalized spacial score (nSPS) is 20.1. The maximum Gasteiger partial charge on any atom is 0.227 e. The van der Waals surface area contributed by atoms with Gasteiger partial charge >= 0.3 is 0 Å². The Hall–Kier alpha value is -4.29. The van der Waals surface area contributed by atoms with Gasteiger partial charge in [-0.05, 0) is 50.3 Å². The fourth-order valence-electron chi connectivity index (χ4n) is 5.43. The zero-order valence-electron chi connectivity index (χ0n) is 26.0. The van der Waals surface area contributed by atoms with Crippen molar-refractivity contribution >= 4 is 18.5 Å². The van der Waals surface area contributed by atoms with Crippen LogP contribution in [0, 0.1) is 16.7 Å². The number of aliphatic imine (C=N–C) groups is 1. The van der Waals surface area contributed by atoms with Gasteiger partial charge in [0.2, 0.25) is 11.8 Å². The number of hydrogen-bond donors (Lipinski definition) is 5. The van der Waals surface area contributed by atoms with Crippen molar-refractivity contribution in [3.8, 4) is 22.9 Å².